The van der Waals surface area contributed by atoms with Crippen molar-refractivity contribution in [1.82, 2.24) is 4.90 Å². The van der Waals surface area contributed by atoms with E-state index in [0.29, 0.717) is 5.56 Å². The van der Waals surface area contributed by atoms with Gasteiger partial charge in [0.25, 0.3) is 5.91 Å². The van der Waals surface area contributed by atoms with E-state index in [9.17, 15) is 15.0 Å². The Morgan fingerprint density at radius 2 is 1.57 bits per heavy atom. The number of carbonyl (C=O) groups is 1. The molecule has 0 aliphatic heterocycles. The molecule has 0 radical (unpaired) electrons. The number of phenols is 2. The molecule has 108 valence electrons. The molecule has 0 fully saturated rings. The predicted octanol–water partition coefficient (Wildman–Crippen LogP) is 2.97. The zero-order valence-corrected chi connectivity index (χ0v) is 11.9. The van der Waals surface area contributed by atoms with Crippen molar-refractivity contribution in [2.24, 2.45) is 0 Å². The topological polar surface area (TPSA) is 60.8 Å². The highest BCUT2D eigenvalue weighted by Gasteiger charge is 2.12. The molecule has 2 aromatic carbocycles. The van der Waals surface area contributed by atoms with Gasteiger partial charge in [0.2, 0.25) is 0 Å². The van der Waals surface area contributed by atoms with Gasteiger partial charge in [-0.15, -0.1) is 0 Å². The Labute approximate surface area is 123 Å². The maximum Gasteiger partial charge on any atom is 0.254 e. The minimum Gasteiger partial charge on any atom is -0.508 e. The largest absolute Gasteiger partial charge is 0.508 e. The van der Waals surface area contributed by atoms with E-state index in [1.165, 1.54) is 11.0 Å². The lowest BCUT2D eigenvalue weighted by molar-refractivity contribution is 0.0827. The summed E-state index contributed by atoms with van der Waals surface area (Å²) in [4.78, 5) is 13.6. The van der Waals surface area contributed by atoms with E-state index in [2.05, 4.69) is 0 Å². The average molecular weight is 283 g/mol. The monoisotopic (exact) mass is 283 g/mol. The summed E-state index contributed by atoms with van der Waals surface area (Å²) in [5, 5.41) is 18.8. The van der Waals surface area contributed by atoms with Crippen LogP contribution in [0.25, 0.3) is 12.2 Å². The Hall–Kier alpha value is -2.75. The summed E-state index contributed by atoms with van der Waals surface area (Å²) in [5.74, 6) is 0.0958. The van der Waals surface area contributed by atoms with E-state index in [0.717, 1.165) is 11.1 Å². The van der Waals surface area contributed by atoms with Crippen molar-refractivity contribution in [2.45, 2.75) is 0 Å². The zero-order valence-electron chi connectivity index (χ0n) is 11.9. The van der Waals surface area contributed by atoms with E-state index >= 15 is 0 Å². The van der Waals surface area contributed by atoms with Crippen LogP contribution in [0.1, 0.15) is 21.5 Å². The summed E-state index contributed by atoms with van der Waals surface area (Å²) in [6, 6.07) is 11.5. The van der Waals surface area contributed by atoms with Crippen LogP contribution in [-0.4, -0.2) is 35.1 Å². The number of nitrogens with zero attached hydrogens (tertiary/aromatic N) is 1. The molecule has 0 saturated carbocycles. The van der Waals surface area contributed by atoms with Crippen LogP contribution in [0.2, 0.25) is 0 Å². The molecule has 0 atom stereocenters. The number of hydrogen-bond acceptors (Lipinski definition) is 3. The highest BCUT2D eigenvalue weighted by atomic mass is 16.3. The molecule has 0 aromatic heterocycles. The first kappa shape index (κ1) is 14.7. The average Bonchev–Trinajstić information content (AvgIpc) is 2.46. The fourth-order valence-electron chi connectivity index (χ4n) is 1.89. The molecule has 0 aliphatic carbocycles. The Kier molecular flexibility index (Phi) is 4.28. The van der Waals surface area contributed by atoms with Crippen molar-refractivity contribution in [3.05, 3.63) is 59.2 Å². The second-order valence-corrected chi connectivity index (χ2v) is 4.90. The van der Waals surface area contributed by atoms with E-state index in [1.807, 2.05) is 12.2 Å². The van der Waals surface area contributed by atoms with Gasteiger partial charge in [-0.3, -0.25) is 4.79 Å². The number of benzene rings is 2. The van der Waals surface area contributed by atoms with Crippen molar-refractivity contribution in [1.29, 1.82) is 0 Å². The Balaban J connectivity index is 2.35. The van der Waals surface area contributed by atoms with E-state index in [1.54, 1.807) is 50.5 Å². The first-order chi connectivity index (χ1) is 9.97. The molecule has 21 heavy (non-hydrogen) atoms. The molecule has 0 heterocycles. The summed E-state index contributed by atoms with van der Waals surface area (Å²) in [5.41, 5.74) is 2.07. The minimum atomic E-state index is -0.170. The Bertz CT molecular complexity index is 673. The number of hydrogen-bond donors (Lipinski definition) is 2. The van der Waals surface area contributed by atoms with Crippen LogP contribution >= 0.6 is 0 Å². The van der Waals surface area contributed by atoms with Gasteiger partial charge in [0.15, 0.2) is 0 Å². The molecule has 0 saturated heterocycles. The molecule has 0 bridgehead atoms. The lowest BCUT2D eigenvalue weighted by Gasteiger charge is -2.12. The molecule has 0 unspecified atom stereocenters. The van der Waals surface area contributed by atoms with Crippen molar-refractivity contribution in [3.8, 4) is 11.5 Å². The van der Waals surface area contributed by atoms with Crippen LogP contribution in [0.5, 0.6) is 11.5 Å². The summed E-state index contributed by atoms with van der Waals surface area (Å²) in [6.07, 6.45) is 3.65. The van der Waals surface area contributed by atoms with Crippen molar-refractivity contribution in [3.63, 3.8) is 0 Å². The molecule has 0 spiro atoms. The third kappa shape index (κ3) is 3.63. The summed E-state index contributed by atoms with van der Waals surface area (Å²) in [6.45, 7) is 0. The molecule has 2 rings (SSSR count). The third-order valence-electron chi connectivity index (χ3n) is 3.02. The number of amides is 1. The highest BCUT2D eigenvalue weighted by Crippen LogP contribution is 2.20. The van der Waals surface area contributed by atoms with Crippen LogP contribution in [-0.2, 0) is 0 Å². The fourth-order valence-corrected chi connectivity index (χ4v) is 1.89. The molecule has 4 heteroatoms. The molecule has 1 amide bonds. The molecule has 4 nitrogen and oxygen atoms in total. The second-order valence-electron chi connectivity index (χ2n) is 4.90. The highest BCUT2D eigenvalue weighted by molar-refractivity contribution is 5.98. The molecular formula is C17H17NO3. The van der Waals surface area contributed by atoms with Gasteiger partial charge in [0.05, 0.1) is 5.56 Å². The number of carbonyl (C=O) groups excluding carboxylic acids is 1. The number of aromatic hydroxyl groups is 2. The quantitative estimate of drug-likeness (QED) is 0.851. The first-order valence-electron chi connectivity index (χ1n) is 6.49. The van der Waals surface area contributed by atoms with Gasteiger partial charge >= 0.3 is 0 Å². The van der Waals surface area contributed by atoms with Crippen LogP contribution in [0.4, 0.5) is 0 Å². The summed E-state index contributed by atoms with van der Waals surface area (Å²) >= 11 is 0. The minimum absolute atomic E-state index is 0.0574. The van der Waals surface area contributed by atoms with Gasteiger partial charge in [0.1, 0.15) is 11.5 Å². The van der Waals surface area contributed by atoms with Crippen LogP contribution < -0.4 is 0 Å². The smallest absolute Gasteiger partial charge is 0.254 e. The second kappa shape index (κ2) is 6.13. The van der Waals surface area contributed by atoms with Crippen molar-refractivity contribution >= 4 is 18.1 Å². The molecule has 2 aromatic rings. The molecular weight excluding hydrogens is 266 g/mol. The predicted molar refractivity (Wildman–Crippen MR) is 83.2 cm³/mol. The van der Waals surface area contributed by atoms with Gasteiger partial charge in [0, 0.05) is 14.1 Å². The van der Waals surface area contributed by atoms with E-state index < -0.39 is 0 Å². The standard InChI is InChI=1S/C17H17NO3/c1-18(2)17(21)16-11-15(20)10-7-13(16)6-3-12-4-8-14(19)9-5-12/h3-11,19-20H,1-2H3. The van der Waals surface area contributed by atoms with Crippen LogP contribution in [0.15, 0.2) is 42.5 Å². The first-order valence-corrected chi connectivity index (χ1v) is 6.49. The molecule has 2 N–H and O–H groups in total. The fraction of sp³-hybridized carbons (Fsp3) is 0.118. The van der Waals surface area contributed by atoms with Gasteiger partial charge in [-0.2, -0.15) is 0 Å². The van der Waals surface area contributed by atoms with E-state index in [4.69, 9.17) is 0 Å². The number of rotatable bonds is 3. The lowest BCUT2D eigenvalue weighted by atomic mass is 10.0. The normalized spacial score (nSPS) is 10.8. The van der Waals surface area contributed by atoms with Gasteiger partial charge < -0.3 is 15.1 Å². The third-order valence-corrected chi connectivity index (χ3v) is 3.02. The summed E-state index contributed by atoms with van der Waals surface area (Å²) in [7, 11) is 3.33. The summed E-state index contributed by atoms with van der Waals surface area (Å²) < 4.78 is 0. The zero-order chi connectivity index (χ0) is 15.4. The van der Waals surface area contributed by atoms with Crippen LogP contribution in [0, 0.1) is 0 Å². The SMILES string of the molecule is CN(C)C(=O)c1cc(O)ccc1C=Cc1ccc(O)cc1. The van der Waals surface area contributed by atoms with Gasteiger partial charge in [-0.05, 0) is 35.4 Å². The lowest BCUT2D eigenvalue weighted by Crippen LogP contribution is -2.22. The Morgan fingerprint density at radius 1 is 0.952 bits per heavy atom. The maximum atomic E-state index is 12.1. The van der Waals surface area contributed by atoms with Gasteiger partial charge in [-0.25, -0.2) is 0 Å². The van der Waals surface area contributed by atoms with Crippen molar-refractivity contribution < 1.29 is 15.0 Å². The maximum absolute atomic E-state index is 12.1. The van der Waals surface area contributed by atoms with Crippen LogP contribution in [0.3, 0.4) is 0 Å². The number of phenolic OH excluding ortho intramolecular Hbond substituents is 2. The Morgan fingerprint density at radius 3 is 2.19 bits per heavy atom. The van der Waals surface area contributed by atoms with Gasteiger partial charge in [-0.1, -0.05) is 30.4 Å². The van der Waals surface area contributed by atoms with Crippen molar-refractivity contribution in [2.75, 3.05) is 14.1 Å². The van der Waals surface area contributed by atoms with E-state index in [-0.39, 0.29) is 17.4 Å². The molecule has 0 aliphatic rings.